The number of hydrogen-bond donors (Lipinski definition) is 0. The van der Waals surface area contributed by atoms with Crippen molar-refractivity contribution in [1.82, 2.24) is 29.9 Å². The van der Waals surface area contributed by atoms with E-state index >= 15 is 0 Å². The third-order valence-electron chi connectivity index (χ3n) is 6.92. The van der Waals surface area contributed by atoms with Gasteiger partial charge in [-0.2, -0.15) is 20.5 Å². The van der Waals surface area contributed by atoms with Gasteiger partial charge in [0, 0.05) is 33.0 Å². The minimum atomic E-state index is -0.100. The largest absolute Gasteiger partial charge is 0.370 e. The Morgan fingerprint density at radius 1 is 0.553 bits per heavy atom. The van der Waals surface area contributed by atoms with Crippen molar-refractivity contribution in [1.29, 1.82) is 10.5 Å². The summed E-state index contributed by atoms with van der Waals surface area (Å²) in [5.41, 5.74) is 8.28. The molecule has 8 rings (SSSR count). The van der Waals surface area contributed by atoms with Gasteiger partial charge in [0.2, 0.25) is 0 Å². The van der Waals surface area contributed by atoms with Gasteiger partial charge in [-0.1, -0.05) is 37.4 Å². The van der Waals surface area contributed by atoms with E-state index < -0.39 is 0 Å². The molecule has 3 aromatic heterocycles. The SMILES string of the molecule is [C-]#[N+]c1nc2nc3c(nc2nc1[N+]#[C-])-c1ccc2c4c(ccc-3c14)-c1nc3cc(C#N)c(C#N)cc3nc1-2. The molecule has 6 aromatic rings. The molecule has 0 unspecified atom stereocenters. The molecule has 168 valence electrons. The van der Waals surface area contributed by atoms with Crippen LogP contribution in [-0.2, 0) is 0 Å². The van der Waals surface area contributed by atoms with Crippen molar-refractivity contribution in [3.8, 4) is 57.2 Å². The first-order chi connectivity index (χ1) is 18.6. The summed E-state index contributed by atoms with van der Waals surface area (Å²) in [7, 11) is 0. The monoisotopic (exact) mass is 482 g/mol. The second-order valence-corrected chi connectivity index (χ2v) is 8.76. The van der Waals surface area contributed by atoms with Crippen molar-refractivity contribution >= 4 is 44.7 Å². The summed E-state index contributed by atoms with van der Waals surface area (Å²) >= 11 is 0. The lowest BCUT2D eigenvalue weighted by Crippen LogP contribution is -1.95. The van der Waals surface area contributed by atoms with Crippen molar-refractivity contribution in [2.24, 2.45) is 0 Å². The first-order valence-corrected chi connectivity index (χ1v) is 11.3. The smallest absolute Gasteiger partial charge is 0.316 e. The summed E-state index contributed by atoms with van der Waals surface area (Å²) in [6.07, 6.45) is 0. The molecular weight excluding hydrogens is 476 g/mol. The van der Waals surface area contributed by atoms with Crippen molar-refractivity contribution in [3.63, 3.8) is 0 Å². The zero-order valence-corrected chi connectivity index (χ0v) is 18.9. The zero-order valence-electron chi connectivity index (χ0n) is 18.9. The molecule has 0 N–H and O–H groups in total. The molecule has 10 heteroatoms. The Kier molecular flexibility index (Phi) is 3.48. The lowest BCUT2D eigenvalue weighted by Gasteiger charge is -2.05. The molecular formula is C28H6N10. The van der Waals surface area contributed by atoms with Gasteiger partial charge in [-0.3, -0.25) is 0 Å². The number of benzene rings is 3. The van der Waals surface area contributed by atoms with Gasteiger partial charge in [-0.05, 0) is 12.1 Å². The fourth-order valence-corrected chi connectivity index (χ4v) is 5.34. The van der Waals surface area contributed by atoms with E-state index in [1.165, 1.54) is 0 Å². The Morgan fingerprint density at radius 3 is 1.26 bits per heavy atom. The van der Waals surface area contributed by atoms with Gasteiger partial charge in [0.05, 0.1) is 33.5 Å². The van der Waals surface area contributed by atoms with Crippen LogP contribution in [0, 0.1) is 35.8 Å². The first-order valence-electron chi connectivity index (χ1n) is 11.3. The Balaban J connectivity index is 1.42. The standard InChI is InChI=1S/C28H6N10/c1-31-25-26(32-2)38-28-27(37-25)35-23-15-5-3-13-19-14(4-6-16(20(15)19)24(23)36-28)22-21(13)33-17-7-11(9-29)12(10-30)8-18(17)34-22/h3-8H. The third-order valence-corrected chi connectivity index (χ3v) is 6.92. The second-order valence-electron chi connectivity index (χ2n) is 8.76. The summed E-state index contributed by atoms with van der Waals surface area (Å²) < 4.78 is 0. The number of fused-ring (bicyclic) bond motifs is 8. The van der Waals surface area contributed by atoms with E-state index in [1.807, 2.05) is 24.3 Å². The summed E-state index contributed by atoms with van der Waals surface area (Å²) in [5, 5.41) is 20.8. The summed E-state index contributed by atoms with van der Waals surface area (Å²) in [5.74, 6) is -0.200. The number of nitrogens with zero attached hydrogens (tertiary/aromatic N) is 10. The van der Waals surface area contributed by atoms with Crippen LogP contribution in [-0.4, -0.2) is 29.9 Å². The molecule has 0 saturated heterocycles. The van der Waals surface area contributed by atoms with Crippen LogP contribution >= 0.6 is 0 Å². The molecule has 0 fully saturated rings. The topological polar surface area (TPSA) is 134 Å². The highest BCUT2D eigenvalue weighted by molar-refractivity contribution is 6.25. The lowest BCUT2D eigenvalue weighted by molar-refractivity contribution is 1.19. The van der Waals surface area contributed by atoms with Crippen molar-refractivity contribution in [3.05, 3.63) is 70.4 Å². The molecule has 0 bridgehead atoms. The molecule has 0 spiro atoms. The van der Waals surface area contributed by atoms with Gasteiger partial charge in [0.25, 0.3) is 11.6 Å². The summed E-state index contributed by atoms with van der Waals surface area (Å²) in [4.78, 5) is 34.2. The lowest BCUT2D eigenvalue weighted by atomic mass is 9.99. The fourth-order valence-electron chi connectivity index (χ4n) is 5.34. The Labute approximate surface area is 212 Å². The molecule has 0 atom stereocenters. The molecule has 2 aliphatic carbocycles. The number of rotatable bonds is 0. The van der Waals surface area contributed by atoms with Crippen molar-refractivity contribution < 1.29 is 0 Å². The van der Waals surface area contributed by atoms with Crippen LogP contribution in [0.15, 0.2) is 36.4 Å². The number of nitriles is 2. The van der Waals surface area contributed by atoms with E-state index in [-0.39, 0.29) is 34.1 Å². The van der Waals surface area contributed by atoms with E-state index in [1.54, 1.807) is 12.1 Å². The Hall–Kier alpha value is -6.36. The number of aromatic nitrogens is 6. The quantitative estimate of drug-likeness (QED) is 0.253. The van der Waals surface area contributed by atoms with E-state index in [0.29, 0.717) is 33.8 Å². The highest BCUT2D eigenvalue weighted by atomic mass is 15.1. The molecule has 3 heterocycles. The maximum atomic E-state index is 9.45. The highest BCUT2D eigenvalue weighted by Gasteiger charge is 2.34. The van der Waals surface area contributed by atoms with Crippen molar-refractivity contribution in [2.45, 2.75) is 0 Å². The Bertz CT molecular complexity index is 2020. The minimum Gasteiger partial charge on any atom is -0.370 e. The predicted molar refractivity (Wildman–Crippen MR) is 137 cm³/mol. The van der Waals surface area contributed by atoms with Crippen molar-refractivity contribution in [2.75, 3.05) is 0 Å². The highest BCUT2D eigenvalue weighted by Crippen LogP contribution is 2.54. The van der Waals surface area contributed by atoms with Crippen LogP contribution in [0.2, 0.25) is 0 Å². The van der Waals surface area contributed by atoms with Crippen LogP contribution in [0.4, 0.5) is 11.6 Å². The maximum absolute atomic E-state index is 9.45. The Morgan fingerprint density at radius 2 is 0.921 bits per heavy atom. The van der Waals surface area contributed by atoms with Crippen LogP contribution in [0.1, 0.15) is 11.1 Å². The third kappa shape index (κ3) is 2.26. The van der Waals surface area contributed by atoms with Gasteiger partial charge in [0.15, 0.2) is 0 Å². The van der Waals surface area contributed by atoms with E-state index in [9.17, 15) is 10.5 Å². The molecule has 2 aliphatic rings. The minimum absolute atomic E-state index is 0.100. The zero-order chi connectivity index (χ0) is 25.7. The second kappa shape index (κ2) is 6.65. The molecule has 3 aromatic carbocycles. The molecule has 0 radical (unpaired) electrons. The van der Waals surface area contributed by atoms with Crippen LogP contribution in [0.3, 0.4) is 0 Å². The van der Waals surface area contributed by atoms with Crippen LogP contribution < -0.4 is 0 Å². The van der Waals surface area contributed by atoms with Gasteiger partial charge in [-0.15, -0.1) is 9.97 Å². The first kappa shape index (κ1) is 19.9. The number of hydrogen-bond acceptors (Lipinski definition) is 8. The average Bonchev–Trinajstić information content (AvgIpc) is 3.44. The summed E-state index contributed by atoms with van der Waals surface area (Å²) in [6.45, 7) is 14.6. The van der Waals surface area contributed by atoms with Gasteiger partial charge in [-0.25, -0.2) is 9.97 Å². The van der Waals surface area contributed by atoms with E-state index in [0.717, 1.165) is 33.0 Å². The maximum Gasteiger partial charge on any atom is 0.316 e. The van der Waals surface area contributed by atoms with Crippen LogP contribution in [0.5, 0.6) is 0 Å². The molecule has 0 saturated carbocycles. The average molecular weight is 482 g/mol. The summed E-state index contributed by atoms with van der Waals surface area (Å²) in [6, 6.07) is 15.2. The molecule has 0 amide bonds. The van der Waals surface area contributed by atoms with E-state index in [2.05, 4.69) is 31.8 Å². The fraction of sp³-hybridized carbons (Fsp3) is 0. The molecule has 10 nitrogen and oxygen atoms in total. The van der Waals surface area contributed by atoms with E-state index in [4.69, 9.17) is 33.1 Å². The molecule has 38 heavy (non-hydrogen) atoms. The predicted octanol–water partition coefficient (Wildman–Crippen LogP) is 5.66. The van der Waals surface area contributed by atoms with Gasteiger partial charge >= 0.3 is 11.3 Å². The van der Waals surface area contributed by atoms with Gasteiger partial charge in [0.1, 0.15) is 23.5 Å². The van der Waals surface area contributed by atoms with Gasteiger partial charge < -0.3 is 9.69 Å². The molecule has 0 aliphatic heterocycles. The van der Waals surface area contributed by atoms with Crippen LogP contribution in [0.25, 0.3) is 87.8 Å². The normalized spacial score (nSPS) is 11.6.